The van der Waals surface area contributed by atoms with Crippen molar-refractivity contribution >= 4 is 45.4 Å². The number of benzene rings is 2. The molecule has 1 N–H and O–H groups in total. The van der Waals surface area contributed by atoms with E-state index in [9.17, 15) is 0 Å². The molecule has 0 unspecified atom stereocenters. The van der Waals surface area contributed by atoms with E-state index < -0.39 is 0 Å². The predicted molar refractivity (Wildman–Crippen MR) is 109 cm³/mol. The van der Waals surface area contributed by atoms with Crippen molar-refractivity contribution in [1.82, 2.24) is 10.1 Å². The monoisotopic (exact) mass is 417 g/mol. The minimum atomic E-state index is 0.557. The van der Waals surface area contributed by atoms with E-state index in [1.165, 1.54) is 11.3 Å². The van der Waals surface area contributed by atoms with Gasteiger partial charge in [0.15, 0.2) is 10.9 Å². The van der Waals surface area contributed by atoms with Crippen molar-refractivity contribution in [2.24, 2.45) is 0 Å². The fraction of sp³-hybridized carbons (Fsp3) is 0.0526. The molecule has 0 aliphatic carbocycles. The molecule has 2 aromatic carbocycles. The van der Waals surface area contributed by atoms with Gasteiger partial charge in [-0.2, -0.15) is 0 Å². The van der Waals surface area contributed by atoms with Crippen molar-refractivity contribution in [3.05, 3.63) is 64.0 Å². The van der Waals surface area contributed by atoms with Crippen molar-refractivity contribution in [1.29, 1.82) is 0 Å². The zero-order valence-corrected chi connectivity index (χ0v) is 16.4. The van der Waals surface area contributed by atoms with E-state index in [1.54, 1.807) is 25.3 Å². The third-order valence-corrected chi connectivity index (χ3v) is 4.96. The molecule has 5 nitrogen and oxygen atoms in total. The van der Waals surface area contributed by atoms with Gasteiger partial charge in [0.25, 0.3) is 0 Å². The first-order valence-corrected chi connectivity index (χ1v) is 9.54. The maximum atomic E-state index is 6.02. The summed E-state index contributed by atoms with van der Waals surface area (Å²) in [7, 11) is 1.63. The average molecular weight is 418 g/mol. The van der Waals surface area contributed by atoms with Crippen LogP contribution in [0.1, 0.15) is 0 Å². The zero-order valence-electron chi connectivity index (χ0n) is 14.1. The number of nitrogens with zero attached hydrogens (tertiary/aromatic N) is 2. The lowest BCUT2D eigenvalue weighted by Crippen LogP contribution is -1.89. The highest BCUT2D eigenvalue weighted by Crippen LogP contribution is 2.31. The topological polar surface area (TPSA) is 60.2 Å². The normalized spacial score (nSPS) is 10.8. The number of aromatic nitrogens is 2. The summed E-state index contributed by atoms with van der Waals surface area (Å²) in [6.07, 6.45) is 0. The summed E-state index contributed by atoms with van der Waals surface area (Å²) in [6.45, 7) is 0. The second-order valence-corrected chi connectivity index (χ2v) is 7.36. The van der Waals surface area contributed by atoms with Gasteiger partial charge in [0.1, 0.15) is 17.1 Å². The molecule has 0 saturated heterocycles. The summed E-state index contributed by atoms with van der Waals surface area (Å²) < 4.78 is 10.6. The van der Waals surface area contributed by atoms with E-state index in [1.807, 2.05) is 35.7 Å². The Hall–Kier alpha value is -2.54. The molecular weight excluding hydrogens is 405 g/mol. The Morgan fingerprint density at radius 3 is 2.44 bits per heavy atom. The van der Waals surface area contributed by atoms with Crippen molar-refractivity contribution in [3.8, 4) is 28.5 Å². The summed E-state index contributed by atoms with van der Waals surface area (Å²) in [5.74, 6) is 1.38. The SMILES string of the molecule is COc1ccc(-c2cc(-c3csc(Nc4cc(Cl)cc(Cl)c4)n3)on2)cc1. The van der Waals surface area contributed by atoms with Crippen LogP contribution in [0.4, 0.5) is 10.8 Å². The van der Waals surface area contributed by atoms with Gasteiger partial charge in [0.2, 0.25) is 0 Å². The van der Waals surface area contributed by atoms with Crippen LogP contribution in [-0.4, -0.2) is 17.3 Å². The third-order valence-electron chi connectivity index (χ3n) is 3.77. The minimum absolute atomic E-state index is 0.557. The Balaban J connectivity index is 1.54. The standard InChI is InChI=1S/C19H13Cl2N3O2S/c1-25-15-4-2-11(3-5-15)16-9-18(26-24-16)17-10-27-19(23-17)22-14-7-12(20)6-13(21)8-14/h2-10H,1H3,(H,22,23). The summed E-state index contributed by atoms with van der Waals surface area (Å²) >= 11 is 13.5. The van der Waals surface area contributed by atoms with Gasteiger partial charge in [-0.3, -0.25) is 0 Å². The Morgan fingerprint density at radius 2 is 1.74 bits per heavy atom. The summed E-state index contributed by atoms with van der Waals surface area (Å²) in [4.78, 5) is 4.54. The maximum Gasteiger partial charge on any atom is 0.187 e. The molecule has 0 aliphatic rings. The largest absolute Gasteiger partial charge is 0.497 e. The number of anilines is 2. The number of ether oxygens (including phenoxy) is 1. The smallest absolute Gasteiger partial charge is 0.187 e. The van der Waals surface area contributed by atoms with Gasteiger partial charge in [0, 0.05) is 32.7 Å². The number of nitrogens with one attached hydrogen (secondary N) is 1. The van der Waals surface area contributed by atoms with Gasteiger partial charge < -0.3 is 14.6 Å². The maximum absolute atomic E-state index is 6.02. The van der Waals surface area contributed by atoms with Crippen LogP contribution in [0.15, 0.2) is 58.4 Å². The molecule has 4 aromatic rings. The Kier molecular flexibility index (Phi) is 5.03. The van der Waals surface area contributed by atoms with Crippen LogP contribution < -0.4 is 10.1 Å². The van der Waals surface area contributed by atoms with Crippen LogP contribution in [0.25, 0.3) is 22.7 Å². The second kappa shape index (κ2) is 7.60. The Morgan fingerprint density at radius 1 is 1.00 bits per heavy atom. The molecule has 0 amide bonds. The van der Waals surface area contributed by atoms with Crippen molar-refractivity contribution in [3.63, 3.8) is 0 Å². The van der Waals surface area contributed by atoms with Crippen LogP contribution in [0, 0.1) is 0 Å². The van der Waals surface area contributed by atoms with Gasteiger partial charge in [-0.25, -0.2) is 4.98 Å². The van der Waals surface area contributed by atoms with Gasteiger partial charge in [-0.15, -0.1) is 11.3 Å². The van der Waals surface area contributed by atoms with Crippen LogP contribution in [-0.2, 0) is 0 Å². The molecule has 136 valence electrons. The van der Waals surface area contributed by atoms with E-state index in [4.69, 9.17) is 32.5 Å². The molecule has 8 heteroatoms. The fourth-order valence-electron chi connectivity index (χ4n) is 2.49. The van der Waals surface area contributed by atoms with E-state index in [2.05, 4.69) is 15.5 Å². The lowest BCUT2D eigenvalue weighted by Gasteiger charge is -2.03. The van der Waals surface area contributed by atoms with E-state index >= 15 is 0 Å². The number of methoxy groups -OCH3 is 1. The van der Waals surface area contributed by atoms with E-state index in [0.717, 1.165) is 22.7 Å². The van der Waals surface area contributed by atoms with Crippen LogP contribution in [0.5, 0.6) is 5.75 Å². The summed E-state index contributed by atoms with van der Waals surface area (Å²) in [6, 6.07) is 14.7. The molecule has 2 heterocycles. The van der Waals surface area contributed by atoms with E-state index in [0.29, 0.717) is 26.6 Å². The highest BCUT2D eigenvalue weighted by molar-refractivity contribution is 7.14. The Labute approximate surface area is 169 Å². The van der Waals surface area contributed by atoms with Crippen molar-refractivity contribution < 1.29 is 9.26 Å². The number of hydrogen-bond donors (Lipinski definition) is 1. The molecule has 27 heavy (non-hydrogen) atoms. The molecule has 2 aromatic heterocycles. The first-order valence-electron chi connectivity index (χ1n) is 7.91. The predicted octanol–water partition coefficient (Wildman–Crippen LogP) is 6.52. The molecule has 4 rings (SSSR count). The summed E-state index contributed by atoms with van der Waals surface area (Å²) in [5, 5.41) is 11.0. The lowest BCUT2D eigenvalue weighted by atomic mass is 10.1. The fourth-order valence-corrected chi connectivity index (χ4v) is 3.73. The van der Waals surface area contributed by atoms with Gasteiger partial charge >= 0.3 is 0 Å². The first kappa shape index (κ1) is 17.9. The summed E-state index contributed by atoms with van der Waals surface area (Å²) in [5.41, 5.74) is 3.14. The van der Waals surface area contributed by atoms with Gasteiger partial charge in [-0.05, 0) is 42.5 Å². The third kappa shape index (κ3) is 4.08. The van der Waals surface area contributed by atoms with Gasteiger partial charge in [0.05, 0.1) is 7.11 Å². The quantitative estimate of drug-likeness (QED) is 0.400. The molecule has 0 atom stereocenters. The van der Waals surface area contributed by atoms with Gasteiger partial charge in [-0.1, -0.05) is 28.4 Å². The average Bonchev–Trinajstić information content (AvgIpc) is 3.30. The number of hydrogen-bond acceptors (Lipinski definition) is 6. The molecule has 0 radical (unpaired) electrons. The van der Waals surface area contributed by atoms with Crippen LogP contribution in [0.3, 0.4) is 0 Å². The van der Waals surface area contributed by atoms with Crippen LogP contribution >= 0.6 is 34.5 Å². The minimum Gasteiger partial charge on any atom is -0.497 e. The molecular formula is C19H13Cl2N3O2S. The molecule has 0 aliphatic heterocycles. The second-order valence-electron chi connectivity index (χ2n) is 5.63. The van der Waals surface area contributed by atoms with Crippen molar-refractivity contribution in [2.45, 2.75) is 0 Å². The van der Waals surface area contributed by atoms with Crippen molar-refractivity contribution in [2.75, 3.05) is 12.4 Å². The first-order chi connectivity index (χ1) is 13.1. The number of halogens is 2. The number of rotatable bonds is 5. The lowest BCUT2D eigenvalue weighted by molar-refractivity contribution is 0.415. The highest BCUT2D eigenvalue weighted by atomic mass is 35.5. The highest BCUT2D eigenvalue weighted by Gasteiger charge is 2.12. The molecule has 0 bridgehead atoms. The number of thiazole rings is 1. The molecule has 0 fully saturated rings. The van der Waals surface area contributed by atoms with Crippen LogP contribution in [0.2, 0.25) is 10.0 Å². The van der Waals surface area contributed by atoms with E-state index in [-0.39, 0.29) is 0 Å². The zero-order chi connectivity index (χ0) is 18.8. The molecule has 0 spiro atoms. The Bertz CT molecular complexity index is 1060. The molecule has 0 saturated carbocycles.